The topological polar surface area (TPSA) is 40.8 Å². The minimum atomic E-state index is -0.0629. The van der Waals surface area contributed by atoms with E-state index >= 15 is 0 Å². The zero-order valence-electron chi connectivity index (χ0n) is 39.5. The fraction of sp³-hybridized carbons (Fsp3) is 0.200. The van der Waals surface area contributed by atoms with Gasteiger partial charge in [-0.25, -0.2) is 4.98 Å². The summed E-state index contributed by atoms with van der Waals surface area (Å²) in [4.78, 5) is 4.97. The van der Waals surface area contributed by atoms with Gasteiger partial charge in [-0.3, -0.25) is 4.57 Å². The van der Waals surface area contributed by atoms with Crippen molar-refractivity contribution in [2.45, 2.75) is 78.6 Å². The van der Waals surface area contributed by atoms with Crippen molar-refractivity contribution in [3.05, 3.63) is 193 Å². The second-order valence-electron chi connectivity index (χ2n) is 20.7. The number of hydrogen-bond acceptors (Lipinski definition) is 2. The summed E-state index contributed by atoms with van der Waals surface area (Å²) >= 11 is 0. The van der Waals surface area contributed by atoms with Gasteiger partial charge in [0, 0.05) is 66.1 Å². The smallest absolute Gasteiger partial charge is 0.268 e. The number of pyridine rings is 1. The normalized spacial score (nSPS) is 12.4. The number of hydrogen-bond donors (Lipinski definition) is 0. The summed E-state index contributed by atoms with van der Waals surface area (Å²) in [6.07, 6.45) is 5.66. The van der Waals surface area contributed by atoms with Gasteiger partial charge in [0.1, 0.15) is 5.82 Å². The monoisotopic (exact) mass is 1050 g/mol. The number of para-hydroxylation sites is 5. The molecule has 67 heavy (non-hydrogen) atoms. The minimum Gasteiger partial charge on any atom is -0.508 e. The second-order valence-corrected chi connectivity index (χ2v) is 20.7. The second kappa shape index (κ2) is 16.2. The Hall–Kier alpha value is -6.75. The molecule has 0 unspecified atom stereocenters. The van der Waals surface area contributed by atoms with Crippen LogP contribution in [0, 0.1) is 18.5 Å². The molecule has 0 aliphatic heterocycles. The van der Waals surface area contributed by atoms with E-state index < -0.39 is 0 Å². The maximum absolute atomic E-state index is 7.18. The van der Waals surface area contributed by atoms with Crippen molar-refractivity contribution in [1.29, 1.82) is 0 Å². The van der Waals surface area contributed by atoms with E-state index in [1.165, 1.54) is 27.5 Å². The van der Waals surface area contributed by atoms with E-state index in [9.17, 15) is 0 Å². The van der Waals surface area contributed by atoms with Gasteiger partial charge in [-0.2, -0.15) is 12.1 Å². The molecule has 0 amide bonds. The van der Waals surface area contributed by atoms with E-state index in [4.69, 9.17) is 9.72 Å². The van der Waals surface area contributed by atoms with Crippen LogP contribution in [-0.2, 0) is 37.3 Å². The fourth-order valence-electron chi connectivity index (χ4n) is 9.35. The van der Waals surface area contributed by atoms with Crippen molar-refractivity contribution >= 4 is 54.6 Å². The molecule has 11 aromatic rings. The summed E-state index contributed by atoms with van der Waals surface area (Å²) in [5.41, 5.74) is 12.6. The molecule has 0 bridgehead atoms. The van der Waals surface area contributed by atoms with Crippen molar-refractivity contribution in [3.8, 4) is 34.4 Å². The van der Waals surface area contributed by atoms with Gasteiger partial charge in [0.2, 0.25) is 0 Å². The molecule has 4 aromatic heterocycles. The third-order valence-corrected chi connectivity index (χ3v) is 13.0. The summed E-state index contributed by atoms with van der Waals surface area (Å²) in [6.45, 7) is 20.4. The van der Waals surface area contributed by atoms with Crippen molar-refractivity contribution in [3.63, 3.8) is 0 Å². The van der Waals surface area contributed by atoms with Crippen LogP contribution in [0.4, 0.5) is 0 Å². The van der Waals surface area contributed by atoms with Gasteiger partial charge < -0.3 is 18.4 Å². The number of fused-ring (bicyclic) bond motifs is 7. The molecule has 0 spiro atoms. The molecule has 336 valence electrons. The summed E-state index contributed by atoms with van der Waals surface area (Å²) in [5, 5.41) is 4.51. The van der Waals surface area contributed by atoms with Crippen LogP contribution in [0.2, 0.25) is 0 Å². The Kier molecular flexibility index (Phi) is 10.7. The van der Waals surface area contributed by atoms with Crippen LogP contribution in [0.15, 0.2) is 158 Å². The van der Waals surface area contributed by atoms with E-state index in [1.54, 1.807) is 0 Å². The zero-order valence-corrected chi connectivity index (χ0v) is 41.7. The first-order chi connectivity index (χ1) is 31.6. The molecular weight excluding hydrogens is 1000 g/mol. The van der Waals surface area contributed by atoms with Gasteiger partial charge >= 0.3 is 0 Å². The number of imidazole rings is 1. The molecule has 4 heterocycles. The van der Waals surface area contributed by atoms with Gasteiger partial charge in [-0.05, 0) is 92.2 Å². The summed E-state index contributed by atoms with van der Waals surface area (Å²) < 4.78 is 16.0. The molecule has 0 fully saturated rings. The third-order valence-electron chi connectivity index (χ3n) is 13.0. The third kappa shape index (κ3) is 7.66. The number of ether oxygens (including phenoxy) is 1. The van der Waals surface area contributed by atoms with E-state index in [-0.39, 0.29) is 37.3 Å². The first-order valence-corrected chi connectivity index (χ1v) is 22.9. The molecule has 0 saturated heterocycles. The van der Waals surface area contributed by atoms with Crippen LogP contribution in [0.25, 0.3) is 77.5 Å². The fourth-order valence-corrected chi connectivity index (χ4v) is 9.35. The molecule has 7 aromatic carbocycles. The number of nitrogens with zero attached hydrogens (tertiary/aromatic N) is 5. The molecule has 7 heteroatoms. The average Bonchev–Trinajstić information content (AvgIpc) is 3.96. The molecule has 0 radical (unpaired) electrons. The summed E-state index contributed by atoms with van der Waals surface area (Å²) in [7, 11) is 0. The maximum Gasteiger partial charge on any atom is 0.268 e. The summed E-state index contributed by atoms with van der Waals surface area (Å²) in [5.74, 6) is 1.96. The van der Waals surface area contributed by atoms with Crippen molar-refractivity contribution in [2.75, 3.05) is 0 Å². The number of rotatable bonds is 6. The van der Waals surface area contributed by atoms with Gasteiger partial charge in [-0.15, -0.1) is 24.3 Å². The van der Waals surface area contributed by atoms with Crippen LogP contribution in [0.1, 0.15) is 79.0 Å². The van der Waals surface area contributed by atoms with Crippen LogP contribution >= 0.6 is 0 Å². The Morgan fingerprint density at radius 2 is 1.06 bits per heavy atom. The van der Waals surface area contributed by atoms with Crippen LogP contribution in [0.5, 0.6) is 11.5 Å². The Bertz CT molecular complexity index is 3610. The SMILES string of the molecule is CC(C)(C)c1cc(-[n+]2[c-]n(-c3[c-]c(Oc4[c-]c5c(cc4-n4c6ccccc6c6ccccc64)c4ccccc4n5-c4cc(C(C)(C)C)ccn4)ccc3)c3ccccc32)cc(C(C)(C)C)c1.[Pt]. The van der Waals surface area contributed by atoms with Gasteiger partial charge in [0.05, 0.1) is 16.7 Å². The molecule has 0 N–H and O–H groups in total. The zero-order chi connectivity index (χ0) is 45.7. The molecule has 0 saturated carbocycles. The molecule has 6 nitrogen and oxygen atoms in total. The van der Waals surface area contributed by atoms with Crippen LogP contribution in [-0.4, -0.2) is 18.7 Å². The Morgan fingerprint density at radius 3 is 1.67 bits per heavy atom. The van der Waals surface area contributed by atoms with E-state index in [2.05, 4.69) is 239 Å². The molecule has 11 rings (SSSR count). The van der Waals surface area contributed by atoms with Crippen LogP contribution in [0.3, 0.4) is 0 Å². The quantitative estimate of drug-likeness (QED) is 0.123. The van der Waals surface area contributed by atoms with Gasteiger partial charge in [0.15, 0.2) is 0 Å². The average molecular weight is 1060 g/mol. The molecular formula is C60H53N5OPt-2. The first-order valence-electron chi connectivity index (χ1n) is 22.9. The van der Waals surface area contributed by atoms with Crippen molar-refractivity contribution < 1.29 is 30.4 Å². The Balaban J connectivity index is 0.00000525. The first kappa shape index (κ1) is 44.1. The summed E-state index contributed by atoms with van der Waals surface area (Å²) in [6, 6.07) is 61.4. The molecule has 0 atom stereocenters. The predicted octanol–water partition coefficient (Wildman–Crippen LogP) is 14.6. The maximum atomic E-state index is 7.18. The van der Waals surface area contributed by atoms with Crippen molar-refractivity contribution in [2.24, 2.45) is 0 Å². The van der Waals surface area contributed by atoms with Gasteiger partial charge in [0.25, 0.3) is 6.33 Å². The van der Waals surface area contributed by atoms with E-state index in [0.29, 0.717) is 11.5 Å². The van der Waals surface area contributed by atoms with Crippen molar-refractivity contribution in [1.82, 2.24) is 18.7 Å². The Labute approximate surface area is 407 Å². The minimum absolute atomic E-state index is 0. The Morgan fingerprint density at radius 1 is 0.507 bits per heavy atom. The largest absolute Gasteiger partial charge is 0.508 e. The standard InChI is InChI=1S/C60H53N5O.Pt/c1-58(2,3)39-29-30-61-57(34-39)65-51-26-15-12-23-47(51)48-36-55(64-49-24-13-10-21-45(49)46-22-11-14-25-50(46)64)56(37-54(48)65)66-44-20-18-19-42(35-44)62-38-63(53-28-17-16-27-52(53)62)43-32-40(59(4,5)6)31-41(33-43)60(7,8)9;/h10-34,36H,1-9H3;/q-2;. The van der Waals surface area contributed by atoms with Crippen LogP contribution < -0.4 is 9.30 Å². The van der Waals surface area contributed by atoms with Gasteiger partial charge in [-0.1, -0.05) is 158 Å². The number of benzene rings is 7. The molecule has 0 aliphatic rings. The van der Waals surface area contributed by atoms with E-state index in [0.717, 1.165) is 66.8 Å². The predicted molar refractivity (Wildman–Crippen MR) is 270 cm³/mol. The van der Waals surface area contributed by atoms with E-state index in [1.807, 2.05) is 18.3 Å². The number of aromatic nitrogens is 5. The molecule has 0 aliphatic carbocycles.